The van der Waals surface area contributed by atoms with E-state index in [1.165, 1.54) is 76.5 Å². The smallest absolute Gasteiger partial charge is 0.315 e. The Morgan fingerprint density at radius 2 is 1.55 bits per heavy atom. The number of nitrogens with one attached hydrogen (secondary N) is 1. The summed E-state index contributed by atoms with van der Waals surface area (Å²) in [6.07, 6.45) is 10.2. The van der Waals surface area contributed by atoms with E-state index in [0.29, 0.717) is 18.5 Å². The van der Waals surface area contributed by atoms with Crippen LogP contribution in [0, 0.1) is 0 Å². The second kappa shape index (κ2) is 19.3. The van der Waals surface area contributed by atoms with E-state index in [-0.39, 0.29) is 24.1 Å². The lowest BCUT2D eigenvalue weighted by molar-refractivity contribution is -0.143. The fraction of sp³-hybridized carbons (Fsp3) is 0.531. The number of rotatable bonds is 19. The number of aryl methyl sites for hydroxylation is 1. The van der Waals surface area contributed by atoms with Crippen molar-refractivity contribution in [2.45, 2.75) is 100 Å². The lowest BCUT2D eigenvalue weighted by Crippen LogP contribution is -2.17. The van der Waals surface area contributed by atoms with E-state index < -0.39 is 18.0 Å². The van der Waals surface area contributed by atoms with Crippen LogP contribution in [-0.2, 0) is 30.3 Å². The van der Waals surface area contributed by atoms with Crippen LogP contribution in [0.3, 0.4) is 0 Å². The predicted octanol–water partition coefficient (Wildman–Crippen LogP) is 7.02. The van der Waals surface area contributed by atoms with Crippen molar-refractivity contribution < 1.29 is 29.0 Å². The summed E-state index contributed by atoms with van der Waals surface area (Å²) in [5, 5.41) is 13.6. The summed E-state index contributed by atoms with van der Waals surface area (Å²) in [7, 11) is 2.61. The third kappa shape index (κ3) is 13.0. The van der Waals surface area contributed by atoms with E-state index in [2.05, 4.69) is 41.2 Å². The maximum atomic E-state index is 12.1. The van der Waals surface area contributed by atoms with Crippen LogP contribution in [0.4, 0.5) is 5.69 Å². The van der Waals surface area contributed by atoms with Crippen LogP contribution in [0.5, 0.6) is 0 Å². The Labute approximate surface area is 243 Å². The fourth-order valence-corrected chi connectivity index (χ4v) is 5.67. The van der Waals surface area contributed by atoms with Crippen molar-refractivity contribution in [3.63, 3.8) is 0 Å². The van der Waals surface area contributed by atoms with Crippen LogP contribution in [0.1, 0.15) is 93.9 Å². The van der Waals surface area contributed by atoms with Crippen molar-refractivity contribution in [1.29, 1.82) is 0 Å². The molecule has 0 radical (unpaired) electrons. The zero-order valence-corrected chi connectivity index (χ0v) is 25.0. The zero-order valence-electron chi connectivity index (χ0n) is 24.2. The number of thioether (sulfide) groups is 1. The molecule has 0 aromatic heterocycles. The predicted molar refractivity (Wildman–Crippen MR) is 160 cm³/mol. The lowest BCUT2D eigenvalue weighted by atomic mass is 9.99. The average molecular weight is 572 g/mol. The summed E-state index contributed by atoms with van der Waals surface area (Å²) >= 11 is 1.50. The molecule has 0 aliphatic carbocycles. The number of hydrogen-bond acceptors (Lipinski definition) is 7. The number of unbranched alkanes of at least 4 members (excludes halogenated alkanes) is 6. The zero-order chi connectivity index (χ0) is 29.2. The maximum absolute atomic E-state index is 12.1. The number of benzene rings is 2. The molecule has 0 spiro atoms. The van der Waals surface area contributed by atoms with Gasteiger partial charge < -0.3 is 19.9 Å². The van der Waals surface area contributed by atoms with Crippen molar-refractivity contribution >= 4 is 35.3 Å². The highest BCUT2D eigenvalue weighted by Crippen LogP contribution is 2.40. The number of aliphatic hydroxyl groups excluding tert-OH is 1. The molecule has 0 saturated carbocycles. The summed E-state index contributed by atoms with van der Waals surface area (Å²) < 4.78 is 9.29. The van der Waals surface area contributed by atoms with Gasteiger partial charge in [0.2, 0.25) is 5.91 Å². The highest BCUT2D eigenvalue weighted by Gasteiger charge is 2.23. The topological polar surface area (TPSA) is 102 Å². The average Bonchev–Trinajstić information content (AvgIpc) is 2.95. The van der Waals surface area contributed by atoms with E-state index in [0.717, 1.165) is 16.9 Å². The van der Waals surface area contributed by atoms with Crippen molar-refractivity contribution in [3.05, 3.63) is 59.7 Å². The second-order valence-electron chi connectivity index (χ2n) is 10.0. The van der Waals surface area contributed by atoms with Gasteiger partial charge in [0.1, 0.15) is 6.42 Å². The van der Waals surface area contributed by atoms with Crippen LogP contribution in [0.25, 0.3) is 0 Å². The first kappa shape index (κ1) is 33.4. The van der Waals surface area contributed by atoms with Gasteiger partial charge in [-0.1, -0.05) is 75.8 Å². The van der Waals surface area contributed by atoms with Crippen LogP contribution in [0.15, 0.2) is 53.4 Å². The molecule has 0 saturated heterocycles. The molecule has 0 bridgehead atoms. The number of hydrogen-bond donors (Lipinski definition) is 2. The van der Waals surface area contributed by atoms with E-state index >= 15 is 0 Å². The monoisotopic (exact) mass is 571 g/mol. The van der Waals surface area contributed by atoms with Gasteiger partial charge in [-0.25, -0.2) is 0 Å². The molecule has 2 N–H and O–H groups in total. The Kier molecular flexibility index (Phi) is 16.1. The lowest BCUT2D eigenvalue weighted by Gasteiger charge is -2.24. The minimum atomic E-state index is -0.693. The van der Waals surface area contributed by atoms with E-state index in [9.17, 15) is 19.5 Å². The molecule has 2 rings (SSSR count). The second-order valence-corrected chi connectivity index (χ2v) is 11.2. The van der Waals surface area contributed by atoms with Gasteiger partial charge in [-0.15, -0.1) is 11.8 Å². The third-order valence-corrected chi connectivity index (χ3v) is 8.11. The Bertz CT molecular complexity index is 1040. The molecule has 220 valence electrons. The molecule has 2 aromatic carbocycles. The molecule has 2 atom stereocenters. The molecule has 8 heteroatoms. The van der Waals surface area contributed by atoms with Crippen molar-refractivity contribution in [2.24, 2.45) is 0 Å². The Morgan fingerprint density at radius 1 is 0.875 bits per heavy atom. The van der Waals surface area contributed by atoms with Crippen molar-refractivity contribution in [1.82, 2.24) is 0 Å². The number of anilines is 1. The Hall–Kier alpha value is -2.84. The van der Waals surface area contributed by atoms with E-state index in [1.54, 1.807) is 6.07 Å². The van der Waals surface area contributed by atoms with Crippen molar-refractivity contribution in [2.75, 3.05) is 19.5 Å². The first-order chi connectivity index (χ1) is 19.4. The molecule has 40 heavy (non-hydrogen) atoms. The number of esters is 2. The molecule has 0 aliphatic rings. The molecule has 0 aliphatic heterocycles. The van der Waals surface area contributed by atoms with Crippen LogP contribution < -0.4 is 5.32 Å². The molecule has 7 nitrogen and oxygen atoms in total. The normalized spacial score (nSPS) is 12.4. The molecule has 0 unspecified atom stereocenters. The summed E-state index contributed by atoms with van der Waals surface area (Å²) in [6.45, 7) is 2.24. The van der Waals surface area contributed by atoms with Gasteiger partial charge in [0.15, 0.2) is 0 Å². The molecule has 1 amide bonds. The number of aliphatic hydroxyl groups is 1. The molecular formula is C32H45NO6S. The number of methoxy groups -OCH3 is 2. The minimum Gasteiger partial charge on any atom is -0.469 e. The summed E-state index contributed by atoms with van der Waals surface area (Å²) in [6, 6.07) is 15.8. The standard InChI is InChI=1S/C32H45NO6S/c1-4-5-6-7-8-9-10-13-24-18-20-25(21-19-24)32(28(34)16-12-17-30(36)38-2)40-27-15-11-14-26(22-27)33-29(35)23-31(37)39-3/h11,14-15,18-22,28,32,34H,4-10,12-13,16-17,23H2,1-3H3,(H,33,35)/t28-,32+/m0/s1. The van der Waals surface area contributed by atoms with Crippen LogP contribution in [-0.4, -0.2) is 43.3 Å². The first-order valence-corrected chi connectivity index (χ1v) is 15.2. The van der Waals surface area contributed by atoms with Gasteiger partial charge in [0.05, 0.1) is 25.6 Å². The molecule has 0 heterocycles. The van der Waals surface area contributed by atoms with E-state index in [4.69, 9.17) is 4.74 Å². The fourth-order valence-electron chi connectivity index (χ4n) is 4.44. The summed E-state index contributed by atoms with van der Waals surface area (Å²) in [5.41, 5.74) is 2.85. The van der Waals surface area contributed by atoms with Gasteiger partial charge >= 0.3 is 11.9 Å². The highest BCUT2D eigenvalue weighted by molar-refractivity contribution is 7.99. The Balaban J connectivity index is 2.08. The number of carbonyl (C=O) groups is 3. The van der Waals surface area contributed by atoms with Crippen molar-refractivity contribution in [3.8, 4) is 0 Å². The summed E-state index contributed by atoms with van der Waals surface area (Å²) in [4.78, 5) is 36.0. The van der Waals surface area contributed by atoms with Gasteiger partial charge in [-0.2, -0.15) is 0 Å². The molecule has 0 fully saturated rings. The quantitative estimate of drug-likeness (QED) is 0.0808. The van der Waals surface area contributed by atoms with Crippen LogP contribution >= 0.6 is 11.8 Å². The third-order valence-electron chi connectivity index (χ3n) is 6.75. The molecular weight excluding hydrogens is 526 g/mol. The Morgan fingerprint density at radius 3 is 2.23 bits per heavy atom. The van der Waals surface area contributed by atoms with Gasteiger partial charge in [-0.05, 0) is 55.0 Å². The summed E-state index contributed by atoms with van der Waals surface area (Å²) in [5.74, 6) is -1.35. The SMILES string of the molecule is CCCCCCCCCc1ccc([C@@H](Sc2cccc(NC(=O)CC(=O)OC)c2)[C@@H](O)CCCC(=O)OC)cc1. The highest BCUT2D eigenvalue weighted by atomic mass is 32.2. The van der Waals surface area contributed by atoms with Gasteiger partial charge in [0, 0.05) is 17.0 Å². The van der Waals surface area contributed by atoms with E-state index in [1.807, 2.05) is 18.2 Å². The largest absolute Gasteiger partial charge is 0.469 e. The number of ether oxygens (including phenoxy) is 2. The molecule has 2 aromatic rings. The number of amides is 1. The first-order valence-electron chi connectivity index (χ1n) is 14.3. The maximum Gasteiger partial charge on any atom is 0.315 e. The minimum absolute atomic E-state index is 0.254. The van der Waals surface area contributed by atoms with Gasteiger partial charge in [0.25, 0.3) is 0 Å². The van der Waals surface area contributed by atoms with Crippen LogP contribution in [0.2, 0.25) is 0 Å². The van der Waals surface area contributed by atoms with Gasteiger partial charge in [-0.3, -0.25) is 14.4 Å². The number of carbonyl (C=O) groups excluding carboxylic acids is 3.